The fourth-order valence-electron chi connectivity index (χ4n) is 1.34. The molecule has 0 spiro atoms. The molecule has 0 aliphatic heterocycles. The van der Waals surface area contributed by atoms with E-state index in [0.29, 0.717) is 10.6 Å². The summed E-state index contributed by atoms with van der Waals surface area (Å²) in [5.74, 6) is -1.15. The molecule has 0 saturated carbocycles. The zero-order valence-corrected chi connectivity index (χ0v) is 11.8. The van der Waals surface area contributed by atoms with Crippen LogP contribution in [0.2, 0.25) is 0 Å². The largest absolute Gasteiger partial charge is 0.462 e. The number of hydrogen-bond donors (Lipinski definition) is 2. The molecule has 7 heteroatoms. The highest BCUT2D eigenvalue weighted by Gasteiger charge is 2.17. The Morgan fingerprint density at radius 3 is 2.63 bits per heavy atom. The molecule has 0 bridgehead atoms. The van der Waals surface area contributed by atoms with E-state index in [2.05, 4.69) is 10.6 Å². The first-order valence-electron chi connectivity index (χ1n) is 5.75. The van der Waals surface area contributed by atoms with Crippen molar-refractivity contribution in [2.75, 3.05) is 18.5 Å². The summed E-state index contributed by atoms with van der Waals surface area (Å²) in [4.78, 5) is 34.9. The smallest absolute Gasteiger partial charge is 0.341 e. The summed E-state index contributed by atoms with van der Waals surface area (Å²) in [7, 11) is 0. The SMILES string of the molecule is CCOC(=O)c1cc(C)sc1NC(=O)CNC(C)=O. The number of ether oxygens (including phenoxy) is 1. The lowest BCUT2D eigenvalue weighted by Gasteiger charge is -2.06. The minimum Gasteiger partial charge on any atom is -0.462 e. The van der Waals surface area contributed by atoms with Crippen LogP contribution in [0.3, 0.4) is 0 Å². The number of thiophene rings is 1. The predicted octanol–water partition coefficient (Wildman–Crippen LogP) is 1.31. The van der Waals surface area contributed by atoms with Crippen molar-refractivity contribution >= 4 is 34.1 Å². The molecule has 6 nitrogen and oxygen atoms in total. The molecule has 0 saturated heterocycles. The van der Waals surface area contributed by atoms with Crippen LogP contribution in [0.5, 0.6) is 0 Å². The van der Waals surface area contributed by atoms with Crippen molar-refractivity contribution in [1.29, 1.82) is 0 Å². The highest BCUT2D eigenvalue weighted by molar-refractivity contribution is 7.16. The average Bonchev–Trinajstić information content (AvgIpc) is 2.68. The van der Waals surface area contributed by atoms with Crippen LogP contribution in [-0.2, 0) is 14.3 Å². The molecule has 0 aliphatic carbocycles. The third kappa shape index (κ3) is 4.70. The average molecular weight is 284 g/mol. The quantitative estimate of drug-likeness (QED) is 0.798. The first-order valence-corrected chi connectivity index (χ1v) is 6.57. The number of anilines is 1. The second kappa shape index (κ2) is 6.89. The van der Waals surface area contributed by atoms with E-state index in [1.165, 1.54) is 18.3 Å². The number of hydrogen-bond acceptors (Lipinski definition) is 5. The monoisotopic (exact) mass is 284 g/mol. The van der Waals surface area contributed by atoms with E-state index < -0.39 is 5.97 Å². The number of carbonyl (C=O) groups is 3. The van der Waals surface area contributed by atoms with E-state index in [1.807, 2.05) is 6.92 Å². The Bertz CT molecular complexity index is 496. The van der Waals surface area contributed by atoms with E-state index in [-0.39, 0.29) is 25.0 Å². The topological polar surface area (TPSA) is 84.5 Å². The van der Waals surface area contributed by atoms with E-state index in [1.54, 1.807) is 13.0 Å². The summed E-state index contributed by atoms with van der Waals surface area (Å²) in [6.45, 7) is 5.01. The van der Waals surface area contributed by atoms with Crippen LogP contribution in [0.15, 0.2) is 6.07 Å². The molecule has 2 N–H and O–H groups in total. The maximum atomic E-state index is 11.7. The molecule has 2 amide bonds. The van der Waals surface area contributed by atoms with Gasteiger partial charge in [0.05, 0.1) is 18.7 Å². The van der Waals surface area contributed by atoms with E-state index >= 15 is 0 Å². The summed E-state index contributed by atoms with van der Waals surface area (Å²) in [5.41, 5.74) is 0.334. The van der Waals surface area contributed by atoms with Gasteiger partial charge in [-0.15, -0.1) is 11.3 Å². The van der Waals surface area contributed by atoms with Gasteiger partial charge >= 0.3 is 5.97 Å². The number of amides is 2. The molecule has 0 unspecified atom stereocenters. The van der Waals surface area contributed by atoms with Gasteiger partial charge in [-0.2, -0.15) is 0 Å². The first-order chi connectivity index (χ1) is 8.93. The van der Waals surface area contributed by atoms with Gasteiger partial charge in [0.2, 0.25) is 11.8 Å². The van der Waals surface area contributed by atoms with Crippen LogP contribution in [0, 0.1) is 6.92 Å². The molecule has 0 fully saturated rings. The standard InChI is InChI=1S/C12H16N2O4S/c1-4-18-12(17)9-5-7(2)19-11(9)14-10(16)6-13-8(3)15/h5H,4,6H2,1-3H3,(H,13,15)(H,14,16). The molecule has 0 atom stereocenters. The number of esters is 1. The van der Waals surface area contributed by atoms with E-state index in [0.717, 1.165) is 4.88 Å². The van der Waals surface area contributed by atoms with Crippen LogP contribution in [-0.4, -0.2) is 30.9 Å². The van der Waals surface area contributed by atoms with Gasteiger partial charge in [-0.05, 0) is 19.9 Å². The predicted molar refractivity (Wildman–Crippen MR) is 72.3 cm³/mol. The number of aryl methyl sites for hydroxylation is 1. The normalized spacial score (nSPS) is 9.84. The van der Waals surface area contributed by atoms with Crippen molar-refractivity contribution in [1.82, 2.24) is 5.32 Å². The Balaban J connectivity index is 2.74. The van der Waals surface area contributed by atoms with Gasteiger partial charge in [0.25, 0.3) is 0 Å². The summed E-state index contributed by atoms with van der Waals surface area (Å²) in [6, 6.07) is 1.66. The van der Waals surface area contributed by atoms with Gasteiger partial charge in [-0.1, -0.05) is 0 Å². The Morgan fingerprint density at radius 2 is 2.05 bits per heavy atom. The third-order valence-corrected chi connectivity index (χ3v) is 3.07. The Labute approximate surface area is 115 Å². The maximum absolute atomic E-state index is 11.7. The van der Waals surface area contributed by atoms with Crippen molar-refractivity contribution in [2.24, 2.45) is 0 Å². The van der Waals surface area contributed by atoms with Crippen LogP contribution < -0.4 is 10.6 Å². The lowest BCUT2D eigenvalue weighted by Crippen LogP contribution is -2.31. The van der Waals surface area contributed by atoms with E-state index in [4.69, 9.17) is 4.74 Å². The lowest BCUT2D eigenvalue weighted by atomic mass is 10.3. The van der Waals surface area contributed by atoms with Crippen molar-refractivity contribution < 1.29 is 19.1 Å². The highest BCUT2D eigenvalue weighted by Crippen LogP contribution is 2.28. The summed E-state index contributed by atoms with van der Waals surface area (Å²) < 4.78 is 4.91. The zero-order chi connectivity index (χ0) is 14.4. The molecule has 0 radical (unpaired) electrons. The minimum absolute atomic E-state index is 0.130. The zero-order valence-electron chi connectivity index (χ0n) is 11.0. The molecule has 104 valence electrons. The Morgan fingerprint density at radius 1 is 1.37 bits per heavy atom. The van der Waals surface area contributed by atoms with Crippen molar-refractivity contribution in [2.45, 2.75) is 20.8 Å². The van der Waals surface area contributed by atoms with Gasteiger partial charge in [0.15, 0.2) is 0 Å². The van der Waals surface area contributed by atoms with Crippen LogP contribution >= 0.6 is 11.3 Å². The molecule has 0 aliphatic rings. The van der Waals surface area contributed by atoms with Gasteiger partial charge < -0.3 is 15.4 Å². The highest BCUT2D eigenvalue weighted by atomic mass is 32.1. The van der Waals surface area contributed by atoms with Gasteiger partial charge in [0, 0.05) is 11.8 Å². The second-order valence-electron chi connectivity index (χ2n) is 3.78. The summed E-state index contributed by atoms with van der Waals surface area (Å²) in [5, 5.41) is 5.41. The molecule has 1 aromatic rings. The maximum Gasteiger partial charge on any atom is 0.341 e. The molecule has 1 heterocycles. The molecule has 0 aromatic carbocycles. The van der Waals surface area contributed by atoms with Gasteiger partial charge in [-0.25, -0.2) is 4.79 Å². The fraction of sp³-hybridized carbons (Fsp3) is 0.417. The summed E-state index contributed by atoms with van der Waals surface area (Å²) >= 11 is 1.29. The Kier molecular flexibility index (Phi) is 5.50. The van der Waals surface area contributed by atoms with Gasteiger partial charge in [0.1, 0.15) is 5.00 Å². The lowest BCUT2D eigenvalue weighted by molar-refractivity contribution is -0.122. The Hall–Kier alpha value is -1.89. The van der Waals surface area contributed by atoms with E-state index in [9.17, 15) is 14.4 Å². The van der Waals surface area contributed by atoms with Crippen molar-refractivity contribution in [3.63, 3.8) is 0 Å². The van der Waals surface area contributed by atoms with Crippen LogP contribution in [0.4, 0.5) is 5.00 Å². The van der Waals surface area contributed by atoms with Crippen molar-refractivity contribution in [3.8, 4) is 0 Å². The molecule has 19 heavy (non-hydrogen) atoms. The fourth-order valence-corrected chi connectivity index (χ4v) is 2.26. The van der Waals surface area contributed by atoms with Crippen LogP contribution in [0.25, 0.3) is 0 Å². The van der Waals surface area contributed by atoms with Crippen LogP contribution in [0.1, 0.15) is 29.1 Å². The molecule has 1 rings (SSSR count). The number of rotatable bonds is 5. The number of carbonyl (C=O) groups excluding carboxylic acids is 3. The molecular formula is C12H16N2O4S. The summed E-state index contributed by atoms with van der Waals surface area (Å²) in [6.07, 6.45) is 0. The third-order valence-electron chi connectivity index (χ3n) is 2.10. The van der Waals surface area contributed by atoms with Gasteiger partial charge in [-0.3, -0.25) is 9.59 Å². The number of nitrogens with one attached hydrogen (secondary N) is 2. The minimum atomic E-state index is -0.471. The van der Waals surface area contributed by atoms with Crippen molar-refractivity contribution in [3.05, 3.63) is 16.5 Å². The first kappa shape index (κ1) is 15.2. The molecular weight excluding hydrogens is 268 g/mol. The second-order valence-corrected chi connectivity index (χ2v) is 5.03. The molecule has 1 aromatic heterocycles.